The summed E-state index contributed by atoms with van der Waals surface area (Å²) in [7, 11) is 0. The van der Waals surface area contributed by atoms with E-state index in [9.17, 15) is 9.59 Å². The number of ether oxygens (including phenoxy) is 1. The van der Waals surface area contributed by atoms with E-state index in [0.29, 0.717) is 23.0 Å². The second kappa shape index (κ2) is 7.29. The van der Waals surface area contributed by atoms with Crippen molar-refractivity contribution in [2.45, 2.75) is 26.5 Å². The summed E-state index contributed by atoms with van der Waals surface area (Å²) in [5, 5.41) is 3.36. The number of carbonyl (C=O) groups is 1. The molecule has 1 amide bonds. The zero-order chi connectivity index (χ0) is 18.0. The lowest BCUT2D eigenvalue weighted by Crippen LogP contribution is -2.30. The molecule has 0 unspecified atom stereocenters. The van der Waals surface area contributed by atoms with E-state index in [2.05, 4.69) is 5.32 Å². The Morgan fingerprint density at radius 2 is 2.12 bits per heavy atom. The van der Waals surface area contributed by atoms with Crippen LogP contribution in [0.4, 0.5) is 5.69 Å². The van der Waals surface area contributed by atoms with Gasteiger partial charge >= 0.3 is 4.87 Å². The Labute approximate surface area is 153 Å². The Morgan fingerprint density at radius 1 is 1.32 bits per heavy atom. The molecule has 0 saturated carbocycles. The van der Waals surface area contributed by atoms with E-state index in [1.165, 1.54) is 11.3 Å². The van der Waals surface area contributed by atoms with Crippen LogP contribution >= 0.6 is 22.9 Å². The lowest BCUT2D eigenvalue weighted by Gasteiger charge is -2.15. The maximum Gasteiger partial charge on any atom is 0.308 e. The van der Waals surface area contributed by atoms with E-state index in [0.717, 1.165) is 10.2 Å². The number of halogens is 1. The predicted molar refractivity (Wildman–Crippen MR) is 102 cm³/mol. The van der Waals surface area contributed by atoms with E-state index in [-0.39, 0.29) is 10.8 Å². The lowest BCUT2D eigenvalue weighted by atomic mass is 10.2. The Balaban J connectivity index is 1.74. The second-order valence-electron chi connectivity index (χ2n) is 5.50. The van der Waals surface area contributed by atoms with Gasteiger partial charge in [0.25, 0.3) is 5.91 Å². The molecule has 3 rings (SSSR count). The zero-order valence-electron chi connectivity index (χ0n) is 13.8. The minimum Gasteiger partial charge on any atom is -0.481 e. The van der Waals surface area contributed by atoms with E-state index >= 15 is 0 Å². The average molecular weight is 377 g/mol. The van der Waals surface area contributed by atoms with Crippen LogP contribution in [-0.2, 0) is 11.3 Å². The van der Waals surface area contributed by atoms with Crippen molar-refractivity contribution in [3.8, 4) is 5.75 Å². The zero-order valence-corrected chi connectivity index (χ0v) is 15.4. The van der Waals surface area contributed by atoms with Crippen molar-refractivity contribution in [3.05, 3.63) is 57.2 Å². The van der Waals surface area contributed by atoms with Gasteiger partial charge in [0.05, 0.1) is 10.2 Å². The number of nitrogens with one attached hydrogen (secondary N) is 1. The molecule has 5 nitrogen and oxygen atoms in total. The van der Waals surface area contributed by atoms with Crippen molar-refractivity contribution in [3.63, 3.8) is 0 Å². The standard InChI is InChI=1S/C18H17ClN2O3S/c1-3-21-15-8-7-13(10-16(15)25-18(21)23)20-17(22)11(2)24-14-6-4-5-12(19)9-14/h4-11H,3H2,1-2H3,(H,20,22)/t11-/m0/s1. The molecule has 0 aliphatic rings. The predicted octanol–water partition coefficient (Wildman–Crippen LogP) is 4.14. The molecule has 0 radical (unpaired) electrons. The van der Waals surface area contributed by atoms with E-state index in [4.69, 9.17) is 16.3 Å². The number of nitrogens with zero attached hydrogens (tertiary/aromatic N) is 1. The molecule has 1 atom stereocenters. The van der Waals surface area contributed by atoms with Gasteiger partial charge < -0.3 is 10.1 Å². The third-order valence-electron chi connectivity index (χ3n) is 3.73. The summed E-state index contributed by atoms with van der Waals surface area (Å²) < 4.78 is 8.15. The van der Waals surface area contributed by atoms with Gasteiger partial charge in [-0.2, -0.15) is 0 Å². The van der Waals surface area contributed by atoms with Gasteiger partial charge in [-0.25, -0.2) is 0 Å². The molecule has 130 valence electrons. The number of aromatic nitrogens is 1. The Morgan fingerprint density at radius 3 is 2.84 bits per heavy atom. The molecule has 3 aromatic rings. The maximum absolute atomic E-state index is 12.3. The summed E-state index contributed by atoms with van der Waals surface area (Å²) in [6, 6.07) is 12.3. The molecule has 7 heteroatoms. The Kier molecular flexibility index (Phi) is 5.11. The second-order valence-corrected chi connectivity index (χ2v) is 6.93. The van der Waals surface area contributed by atoms with Crippen LogP contribution in [-0.4, -0.2) is 16.6 Å². The first-order valence-corrected chi connectivity index (χ1v) is 9.04. The van der Waals surface area contributed by atoms with Gasteiger partial charge in [-0.15, -0.1) is 0 Å². The summed E-state index contributed by atoms with van der Waals surface area (Å²) in [5.74, 6) is 0.255. The minimum atomic E-state index is -0.687. The molecule has 2 aromatic carbocycles. The fourth-order valence-corrected chi connectivity index (χ4v) is 3.66. The monoisotopic (exact) mass is 376 g/mol. The van der Waals surface area contributed by atoms with Crippen molar-refractivity contribution >= 4 is 44.7 Å². The van der Waals surface area contributed by atoms with Crippen LogP contribution in [0.1, 0.15) is 13.8 Å². The number of aryl methyl sites for hydroxylation is 1. The molecule has 0 bridgehead atoms. The summed E-state index contributed by atoms with van der Waals surface area (Å²) in [6.45, 7) is 4.22. The average Bonchev–Trinajstić information content (AvgIpc) is 2.89. The topological polar surface area (TPSA) is 60.3 Å². The van der Waals surface area contributed by atoms with Crippen molar-refractivity contribution in [2.24, 2.45) is 0 Å². The number of anilines is 1. The van der Waals surface area contributed by atoms with Gasteiger partial charge in [0.15, 0.2) is 6.10 Å². The number of amides is 1. The van der Waals surface area contributed by atoms with Crippen LogP contribution in [0.5, 0.6) is 5.75 Å². The maximum atomic E-state index is 12.3. The SMILES string of the molecule is CCn1c(=O)sc2cc(NC(=O)[C@H](C)Oc3cccc(Cl)c3)ccc21. The number of benzene rings is 2. The molecule has 1 heterocycles. The highest BCUT2D eigenvalue weighted by Gasteiger charge is 2.16. The molecular formula is C18H17ClN2O3S. The smallest absolute Gasteiger partial charge is 0.308 e. The van der Waals surface area contributed by atoms with Crippen LogP contribution in [0.15, 0.2) is 47.3 Å². The summed E-state index contributed by atoms with van der Waals surface area (Å²) in [4.78, 5) is 24.2. The van der Waals surface area contributed by atoms with Gasteiger partial charge in [-0.1, -0.05) is 29.0 Å². The highest BCUT2D eigenvalue weighted by atomic mass is 35.5. The highest BCUT2D eigenvalue weighted by molar-refractivity contribution is 7.16. The van der Waals surface area contributed by atoms with Gasteiger partial charge in [0.1, 0.15) is 5.75 Å². The van der Waals surface area contributed by atoms with Gasteiger partial charge in [0, 0.05) is 17.3 Å². The van der Waals surface area contributed by atoms with Crippen molar-refractivity contribution < 1.29 is 9.53 Å². The summed E-state index contributed by atoms with van der Waals surface area (Å²) in [5.41, 5.74) is 1.50. The van der Waals surface area contributed by atoms with Crippen LogP contribution in [0.25, 0.3) is 10.2 Å². The van der Waals surface area contributed by atoms with Crippen LogP contribution < -0.4 is 14.9 Å². The fourth-order valence-electron chi connectivity index (χ4n) is 2.49. The molecule has 25 heavy (non-hydrogen) atoms. The summed E-state index contributed by atoms with van der Waals surface area (Å²) >= 11 is 7.08. The molecule has 0 spiro atoms. The number of fused-ring (bicyclic) bond motifs is 1. The Bertz CT molecular complexity index is 980. The number of thiazole rings is 1. The number of hydrogen-bond donors (Lipinski definition) is 1. The van der Waals surface area contributed by atoms with Crippen LogP contribution in [0, 0.1) is 0 Å². The number of rotatable bonds is 5. The third-order valence-corrected chi connectivity index (χ3v) is 4.91. The van der Waals surface area contributed by atoms with Crippen molar-refractivity contribution in [1.82, 2.24) is 4.57 Å². The highest BCUT2D eigenvalue weighted by Crippen LogP contribution is 2.23. The van der Waals surface area contributed by atoms with Gasteiger partial charge in [-0.3, -0.25) is 14.2 Å². The van der Waals surface area contributed by atoms with E-state index in [1.54, 1.807) is 47.9 Å². The third kappa shape index (κ3) is 3.86. The molecule has 0 saturated heterocycles. The molecule has 1 aromatic heterocycles. The van der Waals surface area contributed by atoms with E-state index < -0.39 is 6.10 Å². The molecule has 0 fully saturated rings. The van der Waals surface area contributed by atoms with E-state index in [1.807, 2.05) is 13.0 Å². The molecule has 1 N–H and O–H groups in total. The largest absolute Gasteiger partial charge is 0.481 e. The summed E-state index contributed by atoms with van der Waals surface area (Å²) in [6.07, 6.45) is -0.687. The minimum absolute atomic E-state index is 0.00126. The van der Waals surface area contributed by atoms with Crippen LogP contribution in [0.2, 0.25) is 5.02 Å². The fraction of sp³-hybridized carbons (Fsp3) is 0.222. The quantitative estimate of drug-likeness (QED) is 0.727. The normalized spacial score (nSPS) is 12.1. The van der Waals surface area contributed by atoms with Crippen molar-refractivity contribution in [2.75, 3.05) is 5.32 Å². The first-order valence-electron chi connectivity index (χ1n) is 7.84. The molecular weight excluding hydrogens is 360 g/mol. The van der Waals surface area contributed by atoms with Crippen molar-refractivity contribution in [1.29, 1.82) is 0 Å². The Hall–Kier alpha value is -2.31. The van der Waals surface area contributed by atoms with Crippen LogP contribution in [0.3, 0.4) is 0 Å². The molecule has 0 aliphatic heterocycles. The number of hydrogen-bond acceptors (Lipinski definition) is 4. The van der Waals surface area contributed by atoms with Gasteiger partial charge in [-0.05, 0) is 50.2 Å². The molecule has 0 aliphatic carbocycles. The lowest BCUT2D eigenvalue weighted by molar-refractivity contribution is -0.122. The number of carbonyl (C=O) groups excluding carboxylic acids is 1. The first kappa shape index (κ1) is 17.5. The first-order chi connectivity index (χ1) is 12.0. The van der Waals surface area contributed by atoms with Gasteiger partial charge in [0.2, 0.25) is 0 Å².